The monoisotopic (exact) mass is 524 g/mol. The lowest BCUT2D eigenvalue weighted by atomic mass is 9.77. The molecule has 33 heavy (non-hydrogen) atoms. The van der Waals surface area contributed by atoms with E-state index in [1.54, 1.807) is 0 Å². The molecule has 0 heterocycles. The van der Waals surface area contributed by atoms with Crippen molar-refractivity contribution in [1.29, 1.82) is 0 Å². The number of hydrogen-bond donors (Lipinski definition) is 2. The second-order valence-electron chi connectivity index (χ2n) is 8.47. The topological polar surface area (TPSA) is 110 Å². The van der Waals surface area contributed by atoms with Crippen molar-refractivity contribution in [3.8, 4) is 0 Å². The third kappa shape index (κ3) is 6.66. The molecule has 0 aliphatic heterocycles. The molecular formula is C17H24F8O7S. The van der Waals surface area contributed by atoms with Crippen LogP contribution in [-0.2, 0) is 24.4 Å². The second kappa shape index (κ2) is 9.77. The van der Waals surface area contributed by atoms with E-state index in [4.69, 9.17) is 4.55 Å². The normalized spacial score (nSPS) is 18.8. The molecular weight excluding hydrogens is 500 g/mol. The molecule has 1 aliphatic rings. The molecule has 1 atom stereocenters. The molecule has 1 aliphatic carbocycles. The van der Waals surface area contributed by atoms with Gasteiger partial charge in [-0.25, -0.2) is 0 Å². The van der Waals surface area contributed by atoms with E-state index >= 15 is 0 Å². The van der Waals surface area contributed by atoms with Crippen LogP contribution < -0.4 is 0 Å². The number of esters is 1. The minimum atomic E-state index is -6.27. The van der Waals surface area contributed by atoms with Crippen molar-refractivity contribution < 1.29 is 67.5 Å². The van der Waals surface area contributed by atoms with E-state index in [2.05, 4.69) is 9.47 Å². The Hall–Kier alpha value is -1.26. The van der Waals surface area contributed by atoms with Crippen LogP contribution in [0.2, 0.25) is 0 Å². The van der Waals surface area contributed by atoms with Crippen molar-refractivity contribution in [2.45, 2.75) is 75.3 Å². The highest BCUT2D eigenvalue weighted by molar-refractivity contribution is 7.86. The summed E-state index contributed by atoms with van der Waals surface area (Å²) in [4.78, 5) is 12.5. The number of aliphatic hydroxyl groups is 1. The molecule has 1 saturated carbocycles. The van der Waals surface area contributed by atoms with Gasteiger partial charge >= 0.3 is 33.7 Å². The Morgan fingerprint density at radius 2 is 1.39 bits per heavy atom. The van der Waals surface area contributed by atoms with E-state index in [1.165, 1.54) is 0 Å². The largest absolute Gasteiger partial charge is 0.458 e. The van der Waals surface area contributed by atoms with Gasteiger partial charge in [0, 0.05) is 0 Å². The van der Waals surface area contributed by atoms with Crippen LogP contribution in [0.4, 0.5) is 35.1 Å². The quantitative estimate of drug-likeness (QED) is 0.268. The Bertz CT molecular complexity index is 772. The van der Waals surface area contributed by atoms with Crippen molar-refractivity contribution in [2.24, 2.45) is 11.3 Å². The van der Waals surface area contributed by atoms with Crippen molar-refractivity contribution in [1.82, 2.24) is 0 Å². The van der Waals surface area contributed by atoms with Crippen LogP contribution in [0.15, 0.2) is 0 Å². The Morgan fingerprint density at radius 3 is 1.79 bits per heavy atom. The molecule has 0 aromatic heterocycles. The SMILES string of the molecule is CC(C)(COCC(F)(F)S(=O)(=O)O)C(=O)OC(C1CCCCC1)C(O)(C(F)(F)F)C(F)(F)F. The fraction of sp³-hybridized carbons (Fsp3) is 0.941. The molecule has 7 nitrogen and oxygen atoms in total. The third-order valence-electron chi connectivity index (χ3n) is 5.25. The van der Waals surface area contributed by atoms with Gasteiger partial charge in [0.1, 0.15) is 6.61 Å². The van der Waals surface area contributed by atoms with Crippen LogP contribution in [-0.4, -0.2) is 66.6 Å². The van der Waals surface area contributed by atoms with Gasteiger partial charge in [0.2, 0.25) is 0 Å². The fourth-order valence-corrected chi connectivity index (χ4v) is 3.51. The van der Waals surface area contributed by atoms with E-state index < -0.39 is 69.9 Å². The van der Waals surface area contributed by atoms with Crippen molar-refractivity contribution in [2.75, 3.05) is 13.2 Å². The second-order valence-corrected chi connectivity index (χ2v) is 10.0. The van der Waals surface area contributed by atoms with Gasteiger partial charge in [-0.2, -0.15) is 43.5 Å². The molecule has 196 valence electrons. The molecule has 0 spiro atoms. The lowest BCUT2D eigenvalue weighted by molar-refractivity contribution is -0.397. The first-order valence-corrected chi connectivity index (χ1v) is 11.0. The van der Waals surface area contributed by atoms with Crippen LogP contribution in [0.1, 0.15) is 46.0 Å². The summed E-state index contributed by atoms with van der Waals surface area (Å²) < 4.78 is 146. The first-order valence-electron chi connectivity index (χ1n) is 9.57. The van der Waals surface area contributed by atoms with Crippen LogP contribution in [0.3, 0.4) is 0 Å². The van der Waals surface area contributed by atoms with Gasteiger partial charge in [-0.1, -0.05) is 19.3 Å². The van der Waals surface area contributed by atoms with Gasteiger partial charge in [-0.15, -0.1) is 0 Å². The van der Waals surface area contributed by atoms with Crippen LogP contribution in [0.5, 0.6) is 0 Å². The molecule has 16 heteroatoms. The molecule has 0 aromatic rings. The standard InChI is InChI=1S/C17H24F8O7S/c1-13(2,8-31-9-14(18,19)33(28,29)30)12(26)32-11(10-6-4-3-5-7-10)15(27,16(20,21)22)17(23,24)25/h10-11,27H,3-9H2,1-2H3,(H,28,29,30). The summed E-state index contributed by atoms with van der Waals surface area (Å²) in [6.07, 6.45) is -15.1. The van der Waals surface area contributed by atoms with Gasteiger partial charge in [0.15, 0.2) is 6.10 Å². The molecule has 0 amide bonds. The lowest BCUT2D eigenvalue weighted by Crippen LogP contribution is -2.67. The summed E-state index contributed by atoms with van der Waals surface area (Å²) in [7, 11) is -5.88. The van der Waals surface area contributed by atoms with Crippen molar-refractivity contribution in [3.05, 3.63) is 0 Å². The van der Waals surface area contributed by atoms with Gasteiger partial charge in [-0.3, -0.25) is 9.35 Å². The summed E-state index contributed by atoms with van der Waals surface area (Å²) in [6, 6.07) is 0. The number of alkyl halides is 8. The Morgan fingerprint density at radius 1 is 0.939 bits per heavy atom. The highest BCUT2D eigenvalue weighted by Gasteiger charge is 2.76. The van der Waals surface area contributed by atoms with E-state index in [1.807, 2.05) is 0 Å². The first kappa shape index (κ1) is 29.8. The summed E-state index contributed by atoms with van der Waals surface area (Å²) in [5.74, 6) is -3.24. The van der Waals surface area contributed by atoms with E-state index in [0.717, 1.165) is 13.8 Å². The minimum absolute atomic E-state index is 0.204. The van der Waals surface area contributed by atoms with Gasteiger partial charge in [-0.05, 0) is 32.6 Å². The Labute approximate surface area is 184 Å². The number of carbonyl (C=O) groups is 1. The first-order chi connectivity index (χ1) is 14.6. The van der Waals surface area contributed by atoms with Gasteiger partial charge < -0.3 is 14.6 Å². The average molecular weight is 524 g/mol. The van der Waals surface area contributed by atoms with Crippen molar-refractivity contribution in [3.63, 3.8) is 0 Å². The van der Waals surface area contributed by atoms with E-state index in [0.29, 0.717) is 6.42 Å². The fourth-order valence-electron chi connectivity index (χ4n) is 3.28. The molecule has 0 bridgehead atoms. The van der Waals surface area contributed by atoms with E-state index in [9.17, 15) is 53.4 Å². The molecule has 0 aromatic carbocycles. The summed E-state index contributed by atoms with van der Waals surface area (Å²) >= 11 is 0. The highest BCUT2D eigenvalue weighted by atomic mass is 32.2. The third-order valence-corrected chi connectivity index (χ3v) is 6.12. The molecule has 1 rings (SSSR count). The van der Waals surface area contributed by atoms with Crippen LogP contribution in [0, 0.1) is 11.3 Å². The molecule has 2 N–H and O–H groups in total. The minimum Gasteiger partial charge on any atom is -0.458 e. The maximum atomic E-state index is 13.4. The number of halogens is 8. The lowest BCUT2D eigenvalue weighted by Gasteiger charge is -2.43. The number of hydrogen-bond acceptors (Lipinski definition) is 6. The zero-order valence-corrected chi connectivity index (χ0v) is 18.3. The number of ether oxygens (including phenoxy) is 2. The number of rotatable bonds is 9. The highest BCUT2D eigenvalue weighted by Crippen LogP contribution is 2.50. The molecule has 0 saturated heterocycles. The van der Waals surface area contributed by atoms with Crippen LogP contribution in [0.25, 0.3) is 0 Å². The Balaban J connectivity index is 3.18. The summed E-state index contributed by atoms with van der Waals surface area (Å²) in [5.41, 5.74) is -7.53. The molecule has 1 fully saturated rings. The smallest absolute Gasteiger partial charge is 0.430 e. The average Bonchev–Trinajstić information content (AvgIpc) is 2.62. The van der Waals surface area contributed by atoms with Crippen LogP contribution >= 0.6 is 0 Å². The maximum Gasteiger partial charge on any atom is 0.430 e. The Kier molecular flexibility index (Phi) is 8.82. The molecule has 1 unspecified atom stereocenters. The van der Waals surface area contributed by atoms with Gasteiger partial charge in [0.25, 0.3) is 5.60 Å². The zero-order chi connectivity index (χ0) is 26.1. The summed E-state index contributed by atoms with van der Waals surface area (Å²) in [5, 5.41) is 5.04. The number of carbonyl (C=O) groups excluding carboxylic acids is 1. The van der Waals surface area contributed by atoms with Crippen molar-refractivity contribution >= 4 is 16.1 Å². The van der Waals surface area contributed by atoms with Gasteiger partial charge in [0.05, 0.1) is 12.0 Å². The zero-order valence-electron chi connectivity index (χ0n) is 17.5. The maximum absolute atomic E-state index is 13.4. The predicted molar refractivity (Wildman–Crippen MR) is 94.6 cm³/mol. The predicted octanol–water partition coefficient (Wildman–Crippen LogP) is 3.86. The summed E-state index contributed by atoms with van der Waals surface area (Å²) in [6.45, 7) is -1.33. The molecule has 0 radical (unpaired) electrons. The van der Waals surface area contributed by atoms with E-state index in [-0.39, 0.29) is 25.7 Å².